The number of hydrogen-bond donors (Lipinski definition) is 3. The summed E-state index contributed by atoms with van der Waals surface area (Å²) in [6.45, 7) is 5.37. The Kier molecular flexibility index (Phi) is 12.3. The van der Waals surface area contributed by atoms with Crippen molar-refractivity contribution >= 4 is 61.4 Å². The molecule has 0 aromatic heterocycles. The predicted octanol–water partition coefficient (Wildman–Crippen LogP) is -1.30. The Balaban J connectivity index is 0.000000527. The number of thioether (sulfide) groups is 1. The van der Waals surface area contributed by atoms with Gasteiger partial charge in [0.05, 0.1) is 16.1 Å². The number of nitrogens with one attached hydrogen (secondary N) is 1. The van der Waals surface area contributed by atoms with Gasteiger partial charge in [0.1, 0.15) is 34.9 Å². The first kappa shape index (κ1) is 42.3. The van der Waals surface area contributed by atoms with Crippen molar-refractivity contribution in [3.8, 4) is 0 Å². The Morgan fingerprint density at radius 3 is 1.96 bits per heavy atom. The van der Waals surface area contributed by atoms with Gasteiger partial charge in [0, 0.05) is 4.75 Å². The third-order valence-electron chi connectivity index (χ3n) is 9.05. The van der Waals surface area contributed by atoms with Crippen LogP contribution in [-0.2, 0) is 53.4 Å². The van der Waals surface area contributed by atoms with E-state index in [1.807, 2.05) is 0 Å². The van der Waals surface area contributed by atoms with Gasteiger partial charge in [-0.25, -0.2) is 18.0 Å². The molecule has 3 amide bonds. The summed E-state index contributed by atoms with van der Waals surface area (Å²) >= 11 is 1.31. The molecule has 4 fully saturated rings. The van der Waals surface area contributed by atoms with E-state index in [9.17, 15) is 40.8 Å². The molecule has 0 radical (unpaired) electrons. The zero-order valence-electron chi connectivity index (χ0n) is 28.3. The summed E-state index contributed by atoms with van der Waals surface area (Å²) in [4.78, 5) is 65.8. The van der Waals surface area contributed by atoms with Crippen molar-refractivity contribution in [2.75, 3.05) is 6.79 Å². The monoisotopic (exact) mass is 788 g/mol. The van der Waals surface area contributed by atoms with E-state index in [2.05, 4.69) is 5.32 Å². The van der Waals surface area contributed by atoms with Crippen LogP contribution in [0, 0.1) is 0 Å². The van der Waals surface area contributed by atoms with Gasteiger partial charge in [-0.05, 0) is 45.4 Å². The number of nitrogens with two attached hydrogens (primary N) is 1. The molecule has 52 heavy (non-hydrogen) atoms. The second kappa shape index (κ2) is 15.1. The number of rotatable bonds is 8. The van der Waals surface area contributed by atoms with Gasteiger partial charge in [-0.15, -0.1) is 11.8 Å². The minimum atomic E-state index is -4.00. The van der Waals surface area contributed by atoms with Gasteiger partial charge in [0.25, 0.3) is 10.1 Å². The lowest BCUT2D eigenvalue weighted by atomic mass is 9.95. The number of hydrogen-bond acceptors (Lipinski definition) is 13. The molecule has 0 spiro atoms. The lowest BCUT2D eigenvalue weighted by Crippen LogP contribution is -2.71. The second-order valence-corrected chi connectivity index (χ2v) is 18.9. The second-order valence-electron chi connectivity index (χ2n) is 13.0. The molecule has 4 heterocycles. The van der Waals surface area contributed by atoms with Crippen molar-refractivity contribution in [3.63, 3.8) is 0 Å². The van der Waals surface area contributed by atoms with E-state index in [-0.39, 0.29) is 22.3 Å². The Labute approximate surface area is 303 Å². The molecule has 8 N–H and O–H groups in total. The summed E-state index contributed by atoms with van der Waals surface area (Å²) in [5.41, 5.74) is 6.64. The minimum Gasteiger partial charge on any atom is -0.426 e. The van der Waals surface area contributed by atoms with Gasteiger partial charge >= 0.3 is 11.9 Å². The third kappa shape index (κ3) is 7.38. The fourth-order valence-electron chi connectivity index (χ4n) is 6.29. The van der Waals surface area contributed by atoms with Crippen LogP contribution in [0.5, 0.6) is 0 Å². The molecule has 1 unspecified atom stereocenters. The summed E-state index contributed by atoms with van der Waals surface area (Å²) < 4.78 is 62.5. The highest BCUT2D eigenvalue weighted by molar-refractivity contribution is 8.01. The number of amides is 3. The Morgan fingerprint density at radius 2 is 1.46 bits per heavy atom. The Bertz CT molecular complexity index is 1930. The quantitative estimate of drug-likeness (QED) is 0.121. The largest absolute Gasteiger partial charge is 0.426 e. The molecular weight excluding hydrogens is 749 g/mol. The molecule has 286 valence electrons. The van der Waals surface area contributed by atoms with Crippen LogP contribution < -0.4 is 11.1 Å². The van der Waals surface area contributed by atoms with E-state index in [4.69, 9.17) is 19.8 Å². The van der Waals surface area contributed by atoms with Crippen molar-refractivity contribution in [1.29, 1.82) is 0 Å². The first-order chi connectivity index (χ1) is 23.2. The molecule has 0 aliphatic carbocycles. The molecule has 4 saturated heterocycles. The van der Waals surface area contributed by atoms with Crippen LogP contribution in [0.2, 0.25) is 0 Å². The average molecular weight is 789 g/mol. The van der Waals surface area contributed by atoms with Gasteiger partial charge in [-0.1, -0.05) is 48.5 Å². The molecule has 4 aliphatic heterocycles. The predicted molar refractivity (Wildman–Crippen MR) is 184 cm³/mol. The Morgan fingerprint density at radius 1 is 0.942 bits per heavy atom. The van der Waals surface area contributed by atoms with Gasteiger partial charge in [0.15, 0.2) is 9.84 Å². The van der Waals surface area contributed by atoms with Gasteiger partial charge < -0.3 is 41.3 Å². The first-order valence-electron chi connectivity index (χ1n) is 15.2. The zero-order valence-corrected chi connectivity index (χ0v) is 30.7. The summed E-state index contributed by atoms with van der Waals surface area (Å²) in [5, 5.41) is 1.07. The molecule has 6 rings (SSSR count). The molecule has 6 atom stereocenters. The van der Waals surface area contributed by atoms with Gasteiger partial charge in [0.2, 0.25) is 24.5 Å². The van der Waals surface area contributed by atoms with Crippen LogP contribution in [-0.4, -0.2) is 117 Å². The van der Waals surface area contributed by atoms with Gasteiger partial charge in [-0.3, -0.25) is 18.9 Å². The SMILES string of the molecule is CC1(C)S[C@@H]2[C@H](NC(=O)C(N)c3ccccc3)C(=O)N2[C@H]1C(=O)OCOC(=O)[C@@H]1N2C(=O)C[C@H]2S(=O)(=O)C1(C)C.O.O.O=S(=O)(O)c1ccccc1. The standard InChI is InChI=1S/C25H30N4O9S2.C6H6O3S.2H2O/c1-24(2)17(29-20(32)16(21(29)39-24)27-19(31)15(26)12-8-6-5-7-9-12)22(33)37-11-38-23(34)18-25(3,4)40(35,36)14-10-13(30)28(14)18;7-10(8,9)6-4-2-1-3-5-6;;/h5-9,14-18,21H,10-11,26H2,1-4H3,(H,27,31);1-5H,(H,7,8,9);2*1H2/t14-,15?,16-,17+,18+,21-;;;/m1.../s1. The summed E-state index contributed by atoms with van der Waals surface area (Å²) in [7, 11) is -7.80. The fraction of sp³-hybridized carbons (Fsp3) is 0.452. The van der Waals surface area contributed by atoms with Crippen LogP contribution in [0.15, 0.2) is 65.6 Å². The maximum absolute atomic E-state index is 13.0. The number of benzene rings is 2. The topological polar surface area (TPSA) is 300 Å². The van der Waals surface area contributed by atoms with E-state index in [0.717, 1.165) is 4.90 Å². The number of carbonyl (C=O) groups excluding carboxylic acids is 5. The Hall–Kier alpha value is -4.12. The lowest BCUT2D eigenvalue weighted by molar-refractivity contribution is -0.181. The molecule has 18 nitrogen and oxygen atoms in total. The number of β-lactam (4-membered cyclic amide) rings is 2. The minimum absolute atomic E-state index is 0. The summed E-state index contributed by atoms with van der Waals surface area (Å²) in [6, 6.07) is 11.9. The molecular formula is C31H40N4O14S3. The molecule has 0 bridgehead atoms. The molecule has 2 aromatic rings. The van der Waals surface area contributed by atoms with Crippen molar-refractivity contribution in [3.05, 3.63) is 66.2 Å². The van der Waals surface area contributed by atoms with Crippen LogP contribution in [0.1, 0.15) is 45.7 Å². The smallest absolute Gasteiger partial charge is 0.333 e. The number of ether oxygens (including phenoxy) is 2. The molecule has 0 saturated carbocycles. The number of sulfone groups is 1. The fourth-order valence-corrected chi connectivity index (χ4v) is 10.5. The number of carbonyl (C=O) groups is 5. The molecule has 2 aromatic carbocycles. The van der Waals surface area contributed by atoms with E-state index in [1.165, 1.54) is 42.6 Å². The summed E-state index contributed by atoms with van der Waals surface area (Å²) in [5.74, 6) is -3.32. The van der Waals surface area contributed by atoms with E-state index < -0.39 is 101 Å². The van der Waals surface area contributed by atoms with Crippen LogP contribution >= 0.6 is 11.8 Å². The van der Waals surface area contributed by atoms with Crippen molar-refractivity contribution in [2.45, 2.75) is 83.4 Å². The van der Waals surface area contributed by atoms with Crippen LogP contribution in [0.4, 0.5) is 0 Å². The van der Waals surface area contributed by atoms with Crippen molar-refractivity contribution < 1.29 is 65.8 Å². The van der Waals surface area contributed by atoms with Gasteiger partial charge in [-0.2, -0.15) is 8.42 Å². The lowest BCUT2D eigenvalue weighted by Gasteiger charge is -2.44. The van der Waals surface area contributed by atoms with Crippen molar-refractivity contribution in [1.82, 2.24) is 15.1 Å². The number of fused-ring (bicyclic) bond motifs is 2. The average Bonchev–Trinajstić information content (AvgIpc) is 3.38. The van der Waals surface area contributed by atoms with E-state index >= 15 is 0 Å². The van der Waals surface area contributed by atoms with Crippen LogP contribution in [0.3, 0.4) is 0 Å². The summed E-state index contributed by atoms with van der Waals surface area (Å²) in [6.07, 6.45) is -0.191. The highest BCUT2D eigenvalue weighted by Gasteiger charge is 2.68. The zero-order chi connectivity index (χ0) is 37.0. The maximum atomic E-state index is 13.0. The van der Waals surface area contributed by atoms with Crippen LogP contribution in [0.25, 0.3) is 0 Å². The maximum Gasteiger partial charge on any atom is 0.333 e. The normalized spacial score (nSPS) is 26.2. The van der Waals surface area contributed by atoms with Crippen molar-refractivity contribution in [2.24, 2.45) is 5.73 Å². The molecule has 4 aliphatic rings. The highest BCUT2D eigenvalue weighted by atomic mass is 32.2. The van der Waals surface area contributed by atoms with E-state index in [1.54, 1.807) is 62.4 Å². The third-order valence-corrected chi connectivity index (χ3v) is 14.3. The number of nitrogens with zero attached hydrogens (tertiary/aromatic N) is 2. The molecule has 21 heteroatoms. The highest BCUT2D eigenvalue weighted by Crippen LogP contribution is 2.51. The van der Waals surface area contributed by atoms with E-state index in [0.29, 0.717) is 5.56 Å². The first-order valence-corrected chi connectivity index (χ1v) is 19.1. The number of esters is 2.